The number of carbonyl (C=O) groups excluding carboxylic acids is 2. The van der Waals surface area contributed by atoms with E-state index >= 15 is 0 Å². The molecule has 3 aliphatic carbocycles. The molecule has 2 bridgehead atoms. The van der Waals surface area contributed by atoms with E-state index in [0.717, 1.165) is 85.5 Å². The Morgan fingerprint density at radius 3 is 2.02 bits per heavy atom. The molecule has 1 amide bonds. The van der Waals surface area contributed by atoms with Gasteiger partial charge in [-0.3, -0.25) is 14.3 Å². The van der Waals surface area contributed by atoms with Gasteiger partial charge in [-0.2, -0.15) is 4.58 Å². The predicted molar refractivity (Wildman–Crippen MR) is 250 cm³/mol. The number of Topliss-reactive ketones (excluding diaryl/α,β-unsaturated/α-hetero) is 1. The molecule has 4 aromatic carbocycles. The zero-order valence-corrected chi connectivity index (χ0v) is 38.9. The van der Waals surface area contributed by atoms with Gasteiger partial charge in [0.15, 0.2) is 5.71 Å². The van der Waals surface area contributed by atoms with E-state index < -0.39 is 36.8 Å². The Bertz CT molecular complexity index is 3020. The van der Waals surface area contributed by atoms with Crippen LogP contribution in [0.1, 0.15) is 70.2 Å². The molecular formula is C50H57N4O6S2+. The number of allylic oxidation sites excluding steroid dienone is 8. The second-order valence-corrected chi connectivity index (χ2v) is 23.0. The fraction of sp³-hybridized carbons (Fsp3) is 0.380. The Balaban J connectivity index is 1.21. The Kier molecular flexibility index (Phi) is 10.5. The number of rotatable bonds is 11. The highest BCUT2D eigenvalue weighted by atomic mass is 32.2. The van der Waals surface area contributed by atoms with Crippen molar-refractivity contribution in [3.63, 3.8) is 0 Å². The minimum absolute atomic E-state index is 0.0105. The molecule has 4 aromatic rings. The smallest absolute Gasteiger partial charge is 0.253 e. The summed E-state index contributed by atoms with van der Waals surface area (Å²) in [5, 5.41) is 4.44. The molecule has 1 saturated carbocycles. The molecule has 2 atom stereocenters. The summed E-state index contributed by atoms with van der Waals surface area (Å²) in [6.07, 6.45) is 14.0. The van der Waals surface area contributed by atoms with Crippen LogP contribution in [0.5, 0.6) is 0 Å². The molecule has 1 fully saturated rings. The summed E-state index contributed by atoms with van der Waals surface area (Å²) in [4.78, 5) is 28.7. The maximum absolute atomic E-state index is 13.5. The van der Waals surface area contributed by atoms with Gasteiger partial charge in [0, 0.05) is 34.5 Å². The number of hydrogen-bond donors (Lipinski definition) is 2. The summed E-state index contributed by atoms with van der Waals surface area (Å²) in [5.74, 6) is -0.218. The molecule has 2 aliphatic heterocycles. The maximum Gasteiger partial charge on any atom is 0.253 e. The highest BCUT2D eigenvalue weighted by Gasteiger charge is 2.53. The zero-order valence-electron chi connectivity index (χ0n) is 37.3. The summed E-state index contributed by atoms with van der Waals surface area (Å²) in [6, 6.07) is 21.1. The van der Waals surface area contributed by atoms with Gasteiger partial charge in [0.1, 0.15) is 6.54 Å². The summed E-state index contributed by atoms with van der Waals surface area (Å²) in [5.41, 5.74) is 9.53. The van der Waals surface area contributed by atoms with E-state index in [1.54, 1.807) is 0 Å². The van der Waals surface area contributed by atoms with Gasteiger partial charge in [-0.1, -0.05) is 99.5 Å². The number of aryl methyl sites for hydroxylation is 2. The van der Waals surface area contributed by atoms with Gasteiger partial charge in [-0.15, -0.1) is 0 Å². The molecule has 2 heterocycles. The lowest BCUT2D eigenvalue weighted by Crippen LogP contribution is -2.48. The molecule has 0 aromatic heterocycles. The Hall–Kier alpha value is -5.17. The Morgan fingerprint density at radius 1 is 0.774 bits per heavy atom. The van der Waals surface area contributed by atoms with Crippen LogP contribution in [0.2, 0.25) is 0 Å². The number of ketones is 1. The van der Waals surface area contributed by atoms with Crippen LogP contribution in [0.3, 0.4) is 0 Å². The van der Waals surface area contributed by atoms with E-state index in [1.165, 1.54) is 11.1 Å². The maximum atomic E-state index is 13.5. The third kappa shape index (κ3) is 7.68. The molecule has 324 valence electrons. The van der Waals surface area contributed by atoms with Crippen molar-refractivity contribution in [2.24, 2.45) is 17.3 Å². The largest absolute Gasteiger partial charge is 0.334 e. The van der Waals surface area contributed by atoms with Gasteiger partial charge in [0.25, 0.3) is 5.91 Å². The number of nitrogens with one attached hydrogen (secondary N) is 2. The lowest BCUT2D eigenvalue weighted by molar-refractivity contribution is -0.424. The highest BCUT2D eigenvalue weighted by Crippen LogP contribution is 2.61. The zero-order chi connectivity index (χ0) is 44.9. The molecular weight excluding hydrogens is 817 g/mol. The average molecular weight is 874 g/mol. The molecule has 2 unspecified atom stereocenters. The normalized spacial score (nSPS) is 22.4. The second kappa shape index (κ2) is 15.0. The minimum atomic E-state index is -3.76. The van der Waals surface area contributed by atoms with Crippen LogP contribution in [0.4, 0.5) is 11.4 Å². The lowest BCUT2D eigenvalue weighted by Gasteiger charge is -2.57. The molecule has 9 rings (SSSR count). The van der Waals surface area contributed by atoms with E-state index in [0.29, 0.717) is 11.8 Å². The number of anilines is 1. The number of fused-ring (bicyclic) bond motifs is 7. The topological polar surface area (TPSA) is 133 Å². The Morgan fingerprint density at radius 2 is 1.40 bits per heavy atom. The fourth-order valence-electron chi connectivity index (χ4n) is 10.7. The van der Waals surface area contributed by atoms with Gasteiger partial charge in [-0.25, -0.2) is 21.6 Å². The van der Waals surface area contributed by atoms with Crippen LogP contribution in [0.15, 0.2) is 108 Å². The first-order valence-corrected chi connectivity index (χ1v) is 24.9. The van der Waals surface area contributed by atoms with E-state index in [9.17, 15) is 26.4 Å². The number of hydrogen-bond acceptors (Lipinski definition) is 7. The van der Waals surface area contributed by atoms with Crippen LogP contribution in [0, 0.1) is 31.1 Å². The molecule has 2 N–H and O–H groups in total. The standard InChI is InChI=1S/C50H56N4O6S2/c1-30-11-17-37-32(23-30)13-19-41-46(37)49(5,6)43(53(41)28-36(55)27-51-61(9,57)58)21-15-34-25-35(40-26-39(34)48(40,3)4)16-22-44-50(7,8)47-38-18-12-31(2)24-33(38)14-20-42(47)54(44)29-45(56)52-62(10,59)60/h11-25,39-40,51H,26-29H2,1-10H3/p+1. The monoisotopic (exact) mass is 873 g/mol. The highest BCUT2D eigenvalue weighted by molar-refractivity contribution is 7.89. The number of carbonyl (C=O) groups is 2. The first-order valence-electron chi connectivity index (χ1n) is 21.2. The van der Waals surface area contributed by atoms with E-state index in [4.69, 9.17) is 0 Å². The first-order chi connectivity index (χ1) is 28.9. The number of sulfonamides is 2. The molecule has 12 heteroatoms. The van der Waals surface area contributed by atoms with E-state index in [1.807, 2.05) is 11.0 Å². The second-order valence-electron chi connectivity index (χ2n) is 19.5. The number of nitrogens with zero attached hydrogens (tertiary/aromatic N) is 2. The molecule has 0 spiro atoms. The molecule has 0 radical (unpaired) electrons. The summed E-state index contributed by atoms with van der Waals surface area (Å²) in [7, 11) is -7.31. The van der Waals surface area contributed by atoms with Crippen LogP contribution in [-0.2, 0) is 40.5 Å². The SMILES string of the molecule is Cc1ccc2c3c(ccc2c1)N(CC(=O)NS(C)(=O)=O)C(=CC=C1C=C(C=CC2=[N+](CC(=O)CNS(C)(=O)=O)c4ccc5cc(C)ccc5c4C2(C)C)C2CC1C2(C)C)C3(C)C. The average Bonchev–Trinajstić information content (AvgIpc) is 3.51. The quantitative estimate of drug-likeness (QED) is 0.146. The van der Waals surface area contributed by atoms with Crippen molar-refractivity contribution in [1.29, 1.82) is 0 Å². The first kappa shape index (κ1) is 43.5. The van der Waals surface area contributed by atoms with Crippen LogP contribution in [0.25, 0.3) is 21.5 Å². The van der Waals surface area contributed by atoms with E-state index in [2.05, 4.69) is 154 Å². The van der Waals surface area contributed by atoms with Crippen LogP contribution < -0.4 is 14.3 Å². The summed E-state index contributed by atoms with van der Waals surface area (Å²) >= 11 is 0. The summed E-state index contributed by atoms with van der Waals surface area (Å²) < 4.78 is 54.7. The van der Waals surface area contributed by atoms with Crippen molar-refractivity contribution < 1.29 is 31.0 Å². The van der Waals surface area contributed by atoms with Crippen molar-refractivity contribution >= 4 is 70.4 Å². The molecule has 5 aliphatic rings. The van der Waals surface area contributed by atoms with Crippen molar-refractivity contribution in [2.45, 2.75) is 72.6 Å². The van der Waals surface area contributed by atoms with Crippen molar-refractivity contribution in [3.8, 4) is 0 Å². The third-order valence-electron chi connectivity index (χ3n) is 13.7. The van der Waals surface area contributed by atoms with Gasteiger partial charge in [0.2, 0.25) is 38.1 Å². The number of benzene rings is 4. The van der Waals surface area contributed by atoms with Crippen molar-refractivity contribution in [1.82, 2.24) is 9.44 Å². The van der Waals surface area contributed by atoms with E-state index in [-0.39, 0.29) is 30.8 Å². The molecule has 10 nitrogen and oxygen atoms in total. The van der Waals surface area contributed by atoms with Gasteiger partial charge in [0.05, 0.1) is 24.5 Å². The van der Waals surface area contributed by atoms with Gasteiger partial charge < -0.3 is 4.90 Å². The lowest BCUT2D eigenvalue weighted by atomic mass is 9.47. The predicted octanol–water partition coefficient (Wildman–Crippen LogP) is 7.95. The fourth-order valence-corrected chi connectivity index (χ4v) is 11.6. The Labute approximate surface area is 366 Å². The van der Waals surface area contributed by atoms with Gasteiger partial charge >= 0.3 is 0 Å². The van der Waals surface area contributed by atoms with Gasteiger partial charge in [-0.05, 0) is 108 Å². The van der Waals surface area contributed by atoms with Crippen molar-refractivity contribution in [2.75, 3.05) is 37.0 Å². The van der Waals surface area contributed by atoms with Crippen molar-refractivity contribution in [3.05, 3.63) is 130 Å². The third-order valence-corrected chi connectivity index (χ3v) is 15.0. The molecule has 62 heavy (non-hydrogen) atoms. The number of amides is 1. The molecule has 0 saturated heterocycles. The minimum Gasteiger partial charge on any atom is -0.334 e. The summed E-state index contributed by atoms with van der Waals surface area (Å²) in [6.45, 7) is 17.0. The van der Waals surface area contributed by atoms with Crippen LogP contribution in [-0.4, -0.2) is 71.0 Å². The van der Waals surface area contributed by atoms with Crippen LogP contribution >= 0.6 is 0 Å².